The van der Waals surface area contributed by atoms with Crippen molar-refractivity contribution < 1.29 is 4.74 Å². The Kier molecular flexibility index (Phi) is 3.69. The molecule has 2 bridgehead atoms. The molecule has 0 radical (unpaired) electrons. The molecule has 19 heavy (non-hydrogen) atoms. The van der Waals surface area contributed by atoms with Gasteiger partial charge in [-0.2, -0.15) is 0 Å². The van der Waals surface area contributed by atoms with Crippen molar-refractivity contribution in [1.29, 1.82) is 0 Å². The van der Waals surface area contributed by atoms with Crippen molar-refractivity contribution in [3.8, 4) is 5.75 Å². The lowest BCUT2D eigenvalue weighted by atomic mass is 9.76. The number of piperidine rings is 3. The molecule has 1 aromatic carbocycles. The van der Waals surface area contributed by atoms with E-state index in [9.17, 15) is 0 Å². The molecule has 4 rings (SSSR count). The summed E-state index contributed by atoms with van der Waals surface area (Å²) in [7, 11) is 0. The standard InChI is InChI=1S/C15H19Br2NO/c1-10-7-12(16)8-13(17)14(10)19-15(2)9-18-5-3-11(15)4-6-18/h7-8,11H,3-6,9H2,1-2H3/t15-/m0/s1. The topological polar surface area (TPSA) is 12.5 Å². The molecule has 3 heterocycles. The van der Waals surface area contributed by atoms with Crippen LogP contribution in [0.25, 0.3) is 0 Å². The molecular weight excluding hydrogens is 370 g/mol. The highest BCUT2D eigenvalue weighted by Gasteiger charge is 2.45. The summed E-state index contributed by atoms with van der Waals surface area (Å²) in [6.07, 6.45) is 2.54. The molecule has 3 fully saturated rings. The lowest BCUT2D eigenvalue weighted by Crippen LogP contribution is -2.60. The van der Waals surface area contributed by atoms with Crippen molar-refractivity contribution in [3.05, 3.63) is 26.6 Å². The average Bonchev–Trinajstić information content (AvgIpc) is 2.35. The van der Waals surface area contributed by atoms with Crippen LogP contribution in [0.1, 0.15) is 25.3 Å². The average molecular weight is 389 g/mol. The van der Waals surface area contributed by atoms with Crippen molar-refractivity contribution in [1.82, 2.24) is 4.90 Å². The van der Waals surface area contributed by atoms with Gasteiger partial charge in [0.25, 0.3) is 0 Å². The molecule has 3 aliphatic rings. The number of ether oxygens (including phenoxy) is 1. The number of halogens is 2. The number of nitrogens with zero attached hydrogens (tertiary/aromatic N) is 1. The summed E-state index contributed by atoms with van der Waals surface area (Å²) in [6, 6.07) is 4.18. The summed E-state index contributed by atoms with van der Waals surface area (Å²) in [5.41, 5.74) is 1.14. The van der Waals surface area contributed by atoms with Gasteiger partial charge >= 0.3 is 0 Å². The minimum atomic E-state index is -0.0440. The zero-order chi connectivity index (χ0) is 13.6. The van der Waals surface area contributed by atoms with Gasteiger partial charge in [-0.1, -0.05) is 15.9 Å². The summed E-state index contributed by atoms with van der Waals surface area (Å²) in [4.78, 5) is 2.53. The van der Waals surface area contributed by atoms with Gasteiger partial charge in [0.1, 0.15) is 11.4 Å². The van der Waals surface area contributed by atoms with Crippen LogP contribution >= 0.6 is 31.9 Å². The van der Waals surface area contributed by atoms with E-state index in [1.54, 1.807) is 0 Å². The maximum Gasteiger partial charge on any atom is 0.137 e. The molecule has 2 nitrogen and oxygen atoms in total. The molecule has 0 aliphatic carbocycles. The fourth-order valence-corrected chi connectivity index (χ4v) is 4.96. The lowest BCUT2D eigenvalue weighted by Gasteiger charge is -2.51. The second kappa shape index (κ2) is 5.05. The Hall–Kier alpha value is -0.0600. The fraction of sp³-hybridized carbons (Fsp3) is 0.600. The fourth-order valence-electron chi connectivity index (χ4n) is 3.44. The zero-order valence-corrected chi connectivity index (χ0v) is 14.6. The van der Waals surface area contributed by atoms with Gasteiger partial charge in [0.05, 0.1) is 4.47 Å². The third-order valence-corrected chi connectivity index (χ3v) is 5.56. The van der Waals surface area contributed by atoms with Crippen LogP contribution in [0.3, 0.4) is 0 Å². The van der Waals surface area contributed by atoms with E-state index >= 15 is 0 Å². The number of hydrogen-bond donors (Lipinski definition) is 0. The van der Waals surface area contributed by atoms with Gasteiger partial charge in [-0.05, 0) is 73.4 Å². The van der Waals surface area contributed by atoms with E-state index in [1.807, 2.05) is 0 Å². The number of hydrogen-bond acceptors (Lipinski definition) is 2. The first-order chi connectivity index (χ1) is 8.98. The summed E-state index contributed by atoms with van der Waals surface area (Å²) in [6.45, 7) is 7.92. The highest BCUT2D eigenvalue weighted by atomic mass is 79.9. The molecule has 1 aromatic rings. The number of benzene rings is 1. The predicted octanol–water partition coefficient (Wildman–Crippen LogP) is 4.38. The minimum Gasteiger partial charge on any atom is -0.484 e. The van der Waals surface area contributed by atoms with Crippen LogP contribution in [-0.2, 0) is 0 Å². The SMILES string of the molecule is Cc1cc(Br)cc(Br)c1O[C@@]1(C)CN2CCC1CC2. The molecule has 0 aromatic heterocycles. The van der Waals surface area contributed by atoms with E-state index in [1.165, 1.54) is 31.5 Å². The quantitative estimate of drug-likeness (QED) is 0.745. The Morgan fingerprint density at radius 3 is 2.47 bits per heavy atom. The van der Waals surface area contributed by atoms with Gasteiger partial charge in [-0.15, -0.1) is 0 Å². The first-order valence-electron chi connectivity index (χ1n) is 6.85. The van der Waals surface area contributed by atoms with Gasteiger partial charge in [-0.25, -0.2) is 0 Å². The third-order valence-electron chi connectivity index (χ3n) is 4.52. The minimum absolute atomic E-state index is 0.0440. The third kappa shape index (κ3) is 2.59. The molecule has 3 saturated heterocycles. The van der Waals surface area contributed by atoms with Crippen LogP contribution in [0, 0.1) is 12.8 Å². The maximum absolute atomic E-state index is 6.48. The Morgan fingerprint density at radius 1 is 1.26 bits per heavy atom. The van der Waals surface area contributed by atoms with Crippen LogP contribution in [-0.4, -0.2) is 30.1 Å². The second-order valence-corrected chi connectivity index (χ2v) is 7.77. The monoisotopic (exact) mass is 387 g/mol. The van der Waals surface area contributed by atoms with E-state index in [2.05, 4.69) is 62.7 Å². The molecule has 1 atom stereocenters. The zero-order valence-electron chi connectivity index (χ0n) is 11.4. The molecule has 0 spiro atoms. The Labute approximate surface area is 131 Å². The smallest absolute Gasteiger partial charge is 0.137 e. The predicted molar refractivity (Wildman–Crippen MR) is 84.8 cm³/mol. The molecule has 4 heteroatoms. The molecule has 0 N–H and O–H groups in total. The highest BCUT2D eigenvalue weighted by molar-refractivity contribution is 9.11. The summed E-state index contributed by atoms with van der Waals surface area (Å²) < 4.78 is 8.61. The van der Waals surface area contributed by atoms with Crippen molar-refractivity contribution >= 4 is 31.9 Å². The molecule has 104 valence electrons. The number of rotatable bonds is 2. The molecule has 0 amide bonds. The Morgan fingerprint density at radius 2 is 1.95 bits per heavy atom. The molecule has 0 saturated carbocycles. The van der Waals surface area contributed by atoms with Crippen LogP contribution in [0.2, 0.25) is 0 Å². The van der Waals surface area contributed by atoms with Crippen LogP contribution in [0.5, 0.6) is 5.75 Å². The van der Waals surface area contributed by atoms with Crippen LogP contribution < -0.4 is 4.74 Å². The van der Waals surface area contributed by atoms with E-state index < -0.39 is 0 Å². The Balaban J connectivity index is 1.89. The summed E-state index contributed by atoms with van der Waals surface area (Å²) in [5.74, 6) is 1.69. The first-order valence-corrected chi connectivity index (χ1v) is 8.43. The number of fused-ring (bicyclic) bond motifs is 3. The van der Waals surface area contributed by atoms with Gasteiger partial charge in [0.15, 0.2) is 0 Å². The van der Waals surface area contributed by atoms with Gasteiger partial charge in [0, 0.05) is 16.9 Å². The van der Waals surface area contributed by atoms with Crippen LogP contribution in [0.15, 0.2) is 21.1 Å². The van der Waals surface area contributed by atoms with Crippen molar-refractivity contribution in [2.45, 2.75) is 32.3 Å². The maximum atomic E-state index is 6.48. The van der Waals surface area contributed by atoms with Crippen molar-refractivity contribution in [3.63, 3.8) is 0 Å². The highest BCUT2D eigenvalue weighted by Crippen LogP contribution is 2.42. The molecular formula is C15H19Br2NO. The van der Waals surface area contributed by atoms with Crippen LogP contribution in [0.4, 0.5) is 0 Å². The lowest BCUT2D eigenvalue weighted by molar-refractivity contribution is -0.0812. The second-order valence-electron chi connectivity index (χ2n) is 6.00. The van der Waals surface area contributed by atoms with E-state index in [0.29, 0.717) is 5.92 Å². The molecule has 0 unspecified atom stereocenters. The summed E-state index contributed by atoms with van der Waals surface area (Å²) >= 11 is 7.16. The normalized spacial score (nSPS) is 33.5. The van der Waals surface area contributed by atoms with E-state index in [0.717, 1.165) is 21.2 Å². The van der Waals surface area contributed by atoms with Crippen molar-refractivity contribution in [2.75, 3.05) is 19.6 Å². The Bertz CT molecular complexity index is 474. The van der Waals surface area contributed by atoms with Gasteiger partial charge in [0.2, 0.25) is 0 Å². The molecule has 3 aliphatic heterocycles. The van der Waals surface area contributed by atoms with Gasteiger partial charge < -0.3 is 4.74 Å². The van der Waals surface area contributed by atoms with E-state index in [-0.39, 0.29) is 5.60 Å². The van der Waals surface area contributed by atoms with Crippen molar-refractivity contribution in [2.24, 2.45) is 5.92 Å². The number of aryl methyl sites for hydroxylation is 1. The first kappa shape index (κ1) is 13.9. The summed E-state index contributed by atoms with van der Waals surface area (Å²) in [5, 5.41) is 0. The van der Waals surface area contributed by atoms with Gasteiger partial charge in [-0.3, -0.25) is 4.90 Å². The largest absolute Gasteiger partial charge is 0.484 e. The van der Waals surface area contributed by atoms with E-state index in [4.69, 9.17) is 4.74 Å².